The molecule has 0 bridgehead atoms. The van der Waals surface area contributed by atoms with E-state index in [1.165, 1.54) is 96.3 Å². The van der Waals surface area contributed by atoms with Crippen LogP contribution < -0.4 is 0 Å². The highest BCUT2D eigenvalue weighted by atomic mass is 16.5. The molecule has 4 rings (SSSR count). The molecule has 4 aliphatic carbocycles. The minimum Gasteiger partial charge on any atom is -0.462 e. The van der Waals surface area contributed by atoms with Crippen molar-refractivity contribution in [3.8, 4) is 0 Å². The van der Waals surface area contributed by atoms with Crippen LogP contribution in [0.4, 0.5) is 0 Å². The fourth-order valence-corrected chi connectivity index (χ4v) is 10.2. The number of carbonyl (C=O) groups is 1. The quantitative estimate of drug-likeness (QED) is 0.124. The van der Waals surface area contributed by atoms with E-state index in [1.54, 1.807) is 5.57 Å². The van der Waals surface area contributed by atoms with Crippen molar-refractivity contribution in [3.63, 3.8) is 0 Å². The molecule has 0 heterocycles. The van der Waals surface area contributed by atoms with E-state index in [9.17, 15) is 4.79 Å². The van der Waals surface area contributed by atoms with Gasteiger partial charge in [-0.15, -0.1) is 0 Å². The number of esters is 1. The van der Waals surface area contributed by atoms with Gasteiger partial charge in [0, 0.05) is 12.8 Å². The summed E-state index contributed by atoms with van der Waals surface area (Å²) in [5.74, 6) is 5.34. The van der Waals surface area contributed by atoms with Crippen LogP contribution in [0, 0.1) is 46.3 Å². The molecule has 0 amide bonds. The lowest BCUT2D eigenvalue weighted by Crippen LogP contribution is -2.51. The van der Waals surface area contributed by atoms with E-state index in [4.69, 9.17) is 4.74 Å². The SMILES string of the molecule is CCCCCCCCCC(=O)OC1CC[C@@]2(C)C(=CCC3C2CC[C@@]2(C)C3CC[C@@H]2[C@H](C)CCCC(C)C)C1. The number of hydrogen-bond donors (Lipinski definition) is 0. The molecule has 0 N–H and O–H groups in total. The molecule has 0 aromatic rings. The Morgan fingerprint density at radius 2 is 1.64 bits per heavy atom. The highest BCUT2D eigenvalue weighted by Crippen LogP contribution is 2.67. The smallest absolute Gasteiger partial charge is 0.306 e. The zero-order chi connectivity index (χ0) is 28.0. The molecule has 39 heavy (non-hydrogen) atoms. The van der Waals surface area contributed by atoms with Gasteiger partial charge in [0.2, 0.25) is 0 Å². The lowest BCUT2D eigenvalue weighted by atomic mass is 9.47. The maximum Gasteiger partial charge on any atom is 0.306 e. The van der Waals surface area contributed by atoms with Crippen LogP contribution in [-0.2, 0) is 9.53 Å². The molecule has 2 nitrogen and oxygen atoms in total. The van der Waals surface area contributed by atoms with E-state index < -0.39 is 0 Å². The Labute approximate surface area is 242 Å². The summed E-state index contributed by atoms with van der Waals surface area (Å²) in [6.45, 7) is 14.9. The van der Waals surface area contributed by atoms with Gasteiger partial charge in [-0.25, -0.2) is 0 Å². The average Bonchev–Trinajstić information content (AvgIpc) is 3.25. The van der Waals surface area contributed by atoms with E-state index in [1.807, 2.05) is 0 Å². The summed E-state index contributed by atoms with van der Waals surface area (Å²) in [6, 6.07) is 0. The second-order valence-corrected chi connectivity index (χ2v) is 15.5. The van der Waals surface area contributed by atoms with Gasteiger partial charge < -0.3 is 4.74 Å². The number of unbranched alkanes of at least 4 members (excludes halogenated alkanes) is 6. The van der Waals surface area contributed by atoms with Crippen LogP contribution in [-0.4, -0.2) is 12.1 Å². The molecular weight excluding hydrogens is 476 g/mol. The summed E-state index contributed by atoms with van der Waals surface area (Å²) in [4.78, 5) is 12.6. The van der Waals surface area contributed by atoms with Gasteiger partial charge in [0.1, 0.15) is 6.10 Å². The first-order valence-corrected chi connectivity index (χ1v) is 17.6. The van der Waals surface area contributed by atoms with Crippen LogP contribution in [0.5, 0.6) is 0 Å². The Morgan fingerprint density at radius 1 is 0.897 bits per heavy atom. The Kier molecular flexibility index (Phi) is 11.1. The van der Waals surface area contributed by atoms with Crippen molar-refractivity contribution < 1.29 is 9.53 Å². The monoisotopic (exact) mass is 540 g/mol. The molecule has 0 aromatic heterocycles. The van der Waals surface area contributed by atoms with Gasteiger partial charge in [-0.3, -0.25) is 4.79 Å². The van der Waals surface area contributed by atoms with Gasteiger partial charge in [0.25, 0.3) is 0 Å². The molecule has 0 radical (unpaired) electrons. The number of carbonyl (C=O) groups excluding carboxylic acids is 1. The second-order valence-electron chi connectivity index (χ2n) is 15.5. The maximum absolute atomic E-state index is 12.6. The summed E-state index contributed by atoms with van der Waals surface area (Å²) in [6.07, 6.45) is 26.7. The Balaban J connectivity index is 1.29. The standard InChI is InChI=1S/C37H64O2/c1-7-8-9-10-11-12-13-17-35(38)39-30-22-24-36(5)29(26-30)18-19-31-33-21-20-32(28(4)16-14-15-27(2)3)37(33,6)25-23-34(31)36/h18,27-28,30-34H,7-17,19-26H2,1-6H3/t28-,30?,31?,32-,33?,34?,36+,37-/m1/s1. The third-order valence-electron chi connectivity index (χ3n) is 12.5. The van der Waals surface area contributed by atoms with Crippen LogP contribution in [0.3, 0.4) is 0 Å². The number of hydrogen-bond acceptors (Lipinski definition) is 2. The molecule has 0 saturated heterocycles. The first-order valence-electron chi connectivity index (χ1n) is 17.6. The predicted molar refractivity (Wildman–Crippen MR) is 166 cm³/mol. The zero-order valence-corrected chi connectivity index (χ0v) is 26.9. The average molecular weight is 541 g/mol. The maximum atomic E-state index is 12.6. The topological polar surface area (TPSA) is 26.3 Å². The highest BCUT2D eigenvalue weighted by Gasteiger charge is 2.59. The van der Waals surface area contributed by atoms with E-state index >= 15 is 0 Å². The number of fused-ring (bicyclic) bond motifs is 5. The summed E-state index contributed by atoms with van der Waals surface area (Å²) in [7, 11) is 0. The minimum absolute atomic E-state index is 0.0550. The van der Waals surface area contributed by atoms with Gasteiger partial charge in [0.15, 0.2) is 0 Å². The fraction of sp³-hybridized carbons (Fsp3) is 0.919. The summed E-state index contributed by atoms with van der Waals surface area (Å²) >= 11 is 0. The third kappa shape index (κ3) is 7.17. The number of allylic oxidation sites excluding steroid dienone is 1. The lowest BCUT2D eigenvalue weighted by molar-refractivity contribution is -0.151. The van der Waals surface area contributed by atoms with Gasteiger partial charge in [-0.2, -0.15) is 0 Å². The molecule has 0 spiro atoms. The number of ether oxygens (including phenoxy) is 1. The molecule has 3 saturated carbocycles. The van der Waals surface area contributed by atoms with Crippen LogP contribution in [0.15, 0.2) is 11.6 Å². The van der Waals surface area contributed by atoms with Crippen molar-refractivity contribution in [2.45, 2.75) is 170 Å². The van der Waals surface area contributed by atoms with E-state index in [0.717, 1.165) is 54.8 Å². The van der Waals surface area contributed by atoms with Crippen LogP contribution in [0.1, 0.15) is 164 Å². The molecule has 0 aromatic carbocycles. The van der Waals surface area contributed by atoms with Crippen molar-refractivity contribution in [1.82, 2.24) is 0 Å². The van der Waals surface area contributed by atoms with E-state index in [-0.39, 0.29) is 12.1 Å². The van der Waals surface area contributed by atoms with Crippen molar-refractivity contribution >= 4 is 5.97 Å². The molecule has 224 valence electrons. The second kappa shape index (κ2) is 13.9. The largest absolute Gasteiger partial charge is 0.462 e. The number of rotatable bonds is 14. The van der Waals surface area contributed by atoms with Crippen molar-refractivity contribution in [1.29, 1.82) is 0 Å². The van der Waals surface area contributed by atoms with Crippen molar-refractivity contribution in [2.24, 2.45) is 46.3 Å². The van der Waals surface area contributed by atoms with Gasteiger partial charge in [-0.05, 0) is 97.7 Å². The third-order valence-corrected chi connectivity index (χ3v) is 12.5. The van der Waals surface area contributed by atoms with E-state index in [0.29, 0.717) is 17.3 Å². The Morgan fingerprint density at radius 3 is 2.38 bits per heavy atom. The Hall–Kier alpha value is -0.790. The van der Waals surface area contributed by atoms with Gasteiger partial charge >= 0.3 is 5.97 Å². The van der Waals surface area contributed by atoms with Crippen LogP contribution >= 0.6 is 0 Å². The van der Waals surface area contributed by atoms with Crippen LogP contribution in [0.25, 0.3) is 0 Å². The molecule has 8 atom stereocenters. The zero-order valence-electron chi connectivity index (χ0n) is 26.9. The molecule has 3 fully saturated rings. The molecule has 4 unspecified atom stereocenters. The molecular formula is C37H64O2. The van der Waals surface area contributed by atoms with Crippen molar-refractivity contribution in [2.75, 3.05) is 0 Å². The summed E-state index contributed by atoms with van der Waals surface area (Å²) < 4.78 is 6.06. The minimum atomic E-state index is 0.0550. The normalized spacial score (nSPS) is 36.6. The van der Waals surface area contributed by atoms with Crippen molar-refractivity contribution in [3.05, 3.63) is 11.6 Å². The summed E-state index contributed by atoms with van der Waals surface area (Å²) in [5.41, 5.74) is 2.54. The summed E-state index contributed by atoms with van der Waals surface area (Å²) in [5, 5.41) is 0. The first-order chi connectivity index (χ1) is 18.7. The van der Waals surface area contributed by atoms with Gasteiger partial charge in [-0.1, -0.05) is 111 Å². The Bertz CT molecular complexity index is 812. The molecule has 0 aliphatic heterocycles. The molecule has 4 aliphatic rings. The van der Waals surface area contributed by atoms with Gasteiger partial charge in [0.05, 0.1) is 0 Å². The van der Waals surface area contributed by atoms with Crippen LogP contribution in [0.2, 0.25) is 0 Å². The predicted octanol–water partition coefficient (Wildman–Crippen LogP) is 11.1. The fourth-order valence-electron chi connectivity index (χ4n) is 10.2. The van der Waals surface area contributed by atoms with E-state index in [2.05, 4.69) is 47.6 Å². The lowest BCUT2D eigenvalue weighted by Gasteiger charge is -2.58. The molecule has 2 heteroatoms. The highest BCUT2D eigenvalue weighted by molar-refractivity contribution is 5.69. The first kappa shape index (κ1) is 31.2.